The number of hydrogen-bond donors (Lipinski definition) is 0. The largest absolute Gasteiger partial charge is 0.497 e. The minimum absolute atomic E-state index is 0.0365. The van der Waals surface area contributed by atoms with Crippen LogP contribution in [0.1, 0.15) is 15.9 Å². The van der Waals surface area contributed by atoms with Gasteiger partial charge in [0.1, 0.15) is 5.75 Å². The molecule has 0 bridgehead atoms. The smallest absolute Gasteiger partial charge is 0.257 e. The van der Waals surface area contributed by atoms with E-state index >= 15 is 0 Å². The maximum Gasteiger partial charge on any atom is 0.257 e. The normalized spacial score (nSPS) is 16.4. The molecule has 2 aromatic carbocycles. The van der Waals surface area contributed by atoms with E-state index in [0.29, 0.717) is 31.1 Å². The van der Waals surface area contributed by atoms with Crippen LogP contribution in [0, 0.1) is 0 Å². The summed E-state index contributed by atoms with van der Waals surface area (Å²) in [4.78, 5) is 23.5. The van der Waals surface area contributed by atoms with Crippen LogP contribution in [-0.2, 0) is 11.2 Å². The van der Waals surface area contributed by atoms with Gasteiger partial charge in [0.15, 0.2) is 5.82 Å². The zero-order valence-electron chi connectivity index (χ0n) is 16.3. The molecule has 148 valence electrons. The van der Waals surface area contributed by atoms with Crippen LogP contribution in [0.4, 0.5) is 0 Å². The Bertz CT molecular complexity index is 943. The molecule has 1 atom stereocenters. The lowest BCUT2D eigenvalue weighted by Crippen LogP contribution is -2.46. The molecule has 0 spiro atoms. The van der Waals surface area contributed by atoms with Gasteiger partial charge < -0.3 is 14.4 Å². The van der Waals surface area contributed by atoms with E-state index < -0.39 is 0 Å². The Morgan fingerprint density at radius 3 is 2.52 bits per heavy atom. The van der Waals surface area contributed by atoms with Crippen molar-refractivity contribution >= 4 is 5.91 Å². The molecule has 2 heterocycles. The first-order valence-corrected chi connectivity index (χ1v) is 9.64. The highest BCUT2D eigenvalue weighted by Gasteiger charge is 2.25. The minimum atomic E-state index is -0.0624. The summed E-state index contributed by atoms with van der Waals surface area (Å²) in [5, 5.41) is 0. The molecule has 0 radical (unpaired) electrons. The molecule has 3 aromatic rings. The topological polar surface area (TPSA) is 64.5 Å². The third-order valence-corrected chi connectivity index (χ3v) is 4.98. The minimum Gasteiger partial charge on any atom is -0.497 e. The molecule has 6 nitrogen and oxygen atoms in total. The molecule has 0 unspecified atom stereocenters. The van der Waals surface area contributed by atoms with Crippen LogP contribution < -0.4 is 4.74 Å². The number of ether oxygens (including phenoxy) is 2. The monoisotopic (exact) mass is 389 g/mol. The predicted molar refractivity (Wildman–Crippen MR) is 110 cm³/mol. The van der Waals surface area contributed by atoms with Crippen LogP contribution in [0.5, 0.6) is 5.75 Å². The number of amides is 1. The Kier molecular flexibility index (Phi) is 5.81. The number of benzene rings is 2. The average molecular weight is 389 g/mol. The molecule has 1 aliphatic heterocycles. The number of carbonyl (C=O) groups excluding carboxylic acids is 1. The molecule has 6 heteroatoms. The van der Waals surface area contributed by atoms with Gasteiger partial charge in [-0.15, -0.1) is 0 Å². The van der Waals surface area contributed by atoms with E-state index in [-0.39, 0.29) is 12.0 Å². The predicted octanol–water partition coefficient (Wildman–Crippen LogP) is 3.24. The highest BCUT2D eigenvalue weighted by Crippen LogP contribution is 2.18. The first-order chi connectivity index (χ1) is 14.2. The van der Waals surface area contributed by atoms with Crippen molar-refractivity contribution in [3.05, 3.63) is 78.1 Å². The Labute approximate surface area is 170 Å². The number of aromatic nitrogens is 2. The molecule has 0 aliphatic carbocycles. The zero-order valence-corrected chi connectivity index (χ0v) is 16.3. The summed E-state index contributed by atoms with van der Waals surface area (Å²) >= 11 is 0. The van der Waals surface area contributed by atoms with Gasteiger partial charge >= 0.3 is 0 Å². The second-order valence-corrected chi connectivity index (χ2v) is 6.96. The van der Waals surface area contributed by atoms with Crippen LogP contribution >= 0.6 is 0 Å². The van der Waals surface area contributed by atoms with Crippen molar-refractivity contribution in [3.8, 4) is 17.1 Å². The number of rotatable bonds is 5. The van der Waals surface area contributed by atoms with Gasteiger partial charge in [0.05, 0.1) is 25.4 Å². The lowest BCUT2D eigenvalue weighted by atomic mass is 10.1. The summed E-state index contributed by atoms with van der Waals surface area (Å²) in [6.07, 6.45) is 3.92. The maximum absolute atomic E-state index is 12.9. The number of methoxy groups -OCH3 is 1. The fourth-order valence-corrected chi connectivity index (χ4v) is 3.41. The molecule has 1 saturated heterocycles. The molecule has 4 rings (SSSR count). The summed E-state index contributed by atoms with van der Waals surface area (Å²) < 4.78 is 11.1. The van der Waals surface area contributed by atoms with E-state index in [1.807, 2.05) is 59.5 Å². The first-order valence-electron chi connectivity index (χ1n) is 9.64. The van der Waals surface area contributed by atoms with Crippen molar-refractivity contribution in [1.29, 1.82) is 0 Å². The van der Waals surface area contributed by atoms with Gasteiger partial charge in [-0.25, -0.2) is 9.97 Å². The average Bonchev–Trinajstić information content (AvgIpc) is 2.80. The number of hydrogen-bond acceptors (Lipinski definition) is 5. The molecule has 1 aromatic heterocycles. The highest BCUT2D eigenvalue weighted by atomic mass is 16.5. The molecule has 1 aliphatic rings. The third-order valence-electron chi connectivity index (χ3n) is 4.98. The lowest BCUT2D eigenvalue weighted by Gasteiger charge is -2.33. The van der Waals surface area contributed by atoms with Gasteiger partial charge in [-0.3, -0.25) is 4.79 Å². The number of morpholine rings is 1. The summed E-state index contributed by atoms with van der Waals surface area (Å²) in [5.74, 6) is 1.38. The van der Waals surface area contributed by atoms with Crippen molar-refractivity contribution in [3.63, 3.8) is 0 Å². The summed E-state index contributed by atoms with van der Waals surface area (Å²) in [7, 11) is 1.65. The van der Waals surface area contributed by atoms with Crippen LogP contribution in [0.25, 0.3) is 11.4 Å². The van der Waals surface area contributed by atoms with Gasteiger partial charge in [0.2, 0.25) is 0 Å². The Morgan fingerprint density at radius 2 is 1.83 bits per heavy atom. The molecule has 1 amide bonds. The fourth-order valence-electron chi connectivity index (χ4n) is 3.41. The standard InChI is InChI=1S/C23H23N3O3/c1-28-20-9-7-17(8-10-20)13-21-16-26(11-12-29-21)23(27)19-14-24-22(25-15-19)18-5-3-2-4-6-18/h2-10,14-15,21H,11-13,16H2,1H3/t21-/m0/s1. The zero-order chi connectivity index (χ0) is 20.1. The Balaban J connectivity index is 1.40. The van der Waals surface area contributed by atoms with Crippen molar-refractivity contribution in [1.82, 2.24) is 14.9 Å². The van der Waals surface area contributed by atoms with E-state index in [1.54, 1.807) is 19.5 Å². The van der Waals surface area contributed by atoms with Crippen molar-refractivity contribution in [2.24, 2.45) is 0 Å². The van der Waals surface area contributed by atoms with E-state index in [0.717, 1.165) is 23.3 Å². The van der Waals surface area contributed by atoms with E-state index in [2.05, 4.69) is 9.97 Å². The van der Waals surface area contributed by atoms with E-state index in [4.69, 9.17) is 9.47 Å². The van der Waals surface area contributed by atoms with Gasteiger partial charge in [-0.2, -0.15) is 0 Å². The Hall–Kier alpha value is -3.25. The lowest BCUT2D eigenvalue weighted by molar-refractivity contribution is -0.0208. The highest BCUT2D eigenvalue weighted by molar-refractivity contribution is 5.93. The van der Waals surface area contributed by atoms with Crippen LogP contribution in [0.3, 0.4) is 0 Å². The van der Waals surface area contributed by atoms with Gasteiger partial charge in [-0.1, -0.05) is 42.5 Å². The molecular weight excluding hydrogens is 366 g/mol. The number of nitrogens with zero attached hydrogens (tertiary/aromatic N) is 3. The molecular formula is C23H23N3O3. The van der Waals surface area contributed by atoms with Gasteiger partial charge in [-0.05, 0) is 17.7 Å². The summed E-state index contributed by atoms with van der Waals surface area (Å²) in [6, 6.07) is 17.6. The second-order valence-electron chi connectivity index (χ2n) is 6.96. The summed E-state index contributed by atoms with van der Waals surface area (Å²) in [5.41, 5.74) is 2.58. The SMILES string of the molecule is COc1ccc(C[C@H]2CN(C(=O)c3cnc(-c4ccccc4)nc3)CCO2)cc1. The number of carbonyl (C=O) groups is 1. The maximum atomic E-state index is 12.9. The van der Waals surface area contributed by atoms with Gasteiger partial charge in [0, 0.05) is 37.5 Å². The van der Waals surface area contributed by atoms with E-state index in [1.165, 1.54) is 0 Å². The first kappa shape index (κ1) is 19.1. The molecule has 0 saturated carbocycles. The second kappa shape index (κ2) is 8.84. The molecule has 1 fully saturated rings. The quantitative estimate of drug-likeness (QED) is 0.670. The van der Waals surface area contributed by atoms with Crippen molar-refractivity contribution < 1.29 is 14.3 Å². The summed E-state index contributed by atoms with van der Waals surface area (Å²) in [6.45, 7) is 1.64. The van der Waals surface area contributed by atoms with Crippen molar-refractivity contribution in [2.45, 2.75) is 12.5 Å². The molecule has 29 heavy (non-hydrogen) atoms. The fraction of sp³-hybridized carbons (Fsp3) is 0.261. The Morgan fingerprint density at radius 1 is 1.10 bits per heavy atom. The molecule has 0 N–H and O–H groups in total. The van der Waals surface area contributed by atoms with E-state index in [9.17, 15) is 4.79 Å². The van der Waals surface area contributed by atoms with Crippen LogP contribution in [0.2, 0.25) is 0 Å². The van der Waals surface area contributed by atoms with Crippen LogP contribution in [0.15, 0.2) is 67.0 Å². The van der Waals surface area contributed by atoms with Gasteiger partial charge in [0.25, 0.3) is 5.91 Å². The third kappa shape index (κ3) is 4.60. The van der Waals surface area contributed by atoms with Crippen LogP contribution in [-0.4, -0.2) is 53.7 Å². The van der Waals surface area contributed by atoms with Crippen molar-refractivity contribution in [2.75, 3.05) is 26.8 Å².